The molecule has 1 aromatic carbocycles. The first-order valence-corrected chi connectivity index (χ1v) is 6.78. The summed E-state index contributed by atoms with van der Waals surface area (Å²) in [6, 6.07) is 10.7. The van der Waals surface area contributed by atoms with Crippen molar-refractivity contribution in [2.24, 2.45) is 0 Å². The summed E-state index contributed by atoms with van der Waals surface area (Å²) in [7, 11) is 0. The fraction of sp³-hybridized carbons (Fsp3) is 0.200. The van der Waals surface area contributed by atoms with Gasteiger partial charge < -0.3 is 9.15 Å². The number of para-hydroxylation sites is 1. The number of hydrogen-bond donors (Lipinski definition) is 0. The Kier molecular flexibility index (Phi) is 3.95. The van der Waals surface area contributed by atoms with Crippen LogP contribution < -0.4 is 4.74 Å². The molecule has 0 atom stereocenters. The van der Waals surface area contributed by atoms with E-state index >= 15 is 0 Å². The Morgan fingerprint density at radius 2 is 2.14 bits per heavy atom. The van der Waals surface area contributed by atoms with Crippen LogP contribution in [0.25, 0.3) is 11.6 Å². The van der Waals surface area contributed by atoms with E-state index in [0.29, 0.717) is 36.0 Å². The van der Waals surface area contributed by atoms with Gasteiger partial charge in [-0.3, -0.25) is 4.79 Å². The summed E-state index contributed by atoms with van der Waals surface area (Å²) >= 11 is 0. The Labute approximate surface area is 126 Å². The summed E-state index contributed by atoms with van der Waals surface area (Å²) < 4.78 is 10.8. The quantitative estimate of drug-likeness (QED) is 0.649. The van der Waals surface area contributed by atoms with E-state index in [-0.39, 0.29) is 5.78 Å². The van der Waals surface area contributed by atoms with Crippen molar-refractivity contribution in [2.45, 2.75) is 13.5 Å². The SMILES string of the molecule is CC(=O)c1ccccc1OCCn1nnc(-c2ccco2)n1. The van der Waals surface area contributed by atoms with E-state index < -0.39 is 0 Å². The van der Waals surface area contributed by atoms with Crippen LogP contribution in [0.5, 0.6) is 5.75 Å². The molecule has 0 aliphatic heterocycles. The van der Waals surface area contributed by atoms with E-state index in [1.807, 2.05) is 6.07 Å². The van der Waals surface area contributed by atoms with Gasteiger partial charge in [-0.25, -0.2) is 0 Å². The molecule has 0 fully saturated rings. The zero-order valence-corrected chi connectivity index (χ0v) is 12.0. The van der Waals surface area contributed by atoms with Gasteiger partial charge in [-0.05, 0) is 36.4 Å². The third-order valence-electron chi connectivity index (χ3n) is 3.01. The molecule has 7 heteroatoms. The van der Waals surface area contributed by atoms with Gasteiger partial charge in [-0.2, -0.15) is 4.80 Å². The highest BCUT2D eigenvalue weighted by molar-refractivity contribution is 5.96. The lowest BCUT2D eigenvalue weighted by Gasteiger charge is -2.08. The molecule has 0 radical (unpaired) electrons. The van der Waals surface area contributed by atoms with Gasteiger partial charge in [0.2, 0.25) is 5.82 Å². The Balaban J connectivity index is 1.61. The van der Waals surface area contributed by atoms with Crippen molar-refractivity contribution in [3.8, 4) is 17.3 Å². The number of ether oxygens (including phenoxy) is 1. The van der Waals surface area contributed by atoms with Gasteiger partial charge in [0.25, 0.3) is 0 Å². The second kappa shape index (κ2) is 6.21. The second-order valence-corrected chi connectivity index (χ2v) is 4.59. The molecular formula is C15H14N4O3. The van der Waals surface area contributed by atoms with Crippen LogP contribution in [0.3, 0.4) is 0 Å². The van der Waals surface area contributed by atoms with Crippen LogP contribution in [-0.2, 0) is 6.54 Å². The van der Waals surface area contributed by atoms with Crippen LogP contribution in [-0.4, -0.2) is 32.6 Å². The molecular weight excluding hydrogens is 284 g/mol. The zero-order chi connectivity index (χ0) is 15.4. The number of carbonyl (C=O) groups is 1. The number of hydrogen-bond acceptors (Lipinski definition) is 6. The lowest BCUT2D eigenvalue weighted by atomic mass is 10.1. The van der Waals surface area contributed by atoms with Crippen LogP contribution in [0.15, 0.2) is 47.1 Å². The van der Waals surface area contributed by atoms with Gasteiger partial charge >= 0.3 is 0 Å². The molecule has 112 valence electrons. The van der Waals surface area contributed by atoms with E-state index in [2.05, 4.69) is 15.4 Å². The highest BCUT2D eigenvalue weighted by Gasteiger charge is 2.10. The minimum Gasteiger partial charge on any atom is -0.491 e. The van der Waals surface area contributed by atoms with Crippen LogP contribution >= 0.6 is 0 Å². The van der Waals surface area contributed by atoms with Crippen molar-refractivity contribution in [1.82, 2.24) is 20.2 Å². The van der Waals surface area contributed by atoms with Gasteiger partial charge in [-0.1, -0.05) is 12.1 Å². The first-order chi connectivity index (χ1) is 10.7. The fourth-order valence-corrected chi connectivity index (χ4v) is 1.96. The van der Waals surface area contributed by atoms with Gasteiger partial charge in [-0.15, -0.1) is 10.2 Å². The van der Waals surface area contributed by atoms with Crippen molar-refractivity contribution in [3.05, 3.63) is 48.2 Å². The number of nitrogens with zero attached hydrogens (tertiary/aromatic N) is 4. The average Bonchev–Trinajstić information content (AvgIpc) is 3.18. The maximum absolute atomic E-state index is 11.5. The number of carbonyl (C=O) groups excluding carboxylic acids is 1. The summed E-state index contributed by atoms with van der Waals surface area (Å²) in [6.07, 6.45) is 1.55. The smallest absolute Gasteiger partial charge is 0.240 e. The van der Waals surface area contributed by atoms with Crippen LogP contribution in [0.4, 0.5) is 0 Å². The number of benzene rings is 1. The molecule has 0 N–H and O–H groups in total. The molecule has 2 heterocycles. The monoisotopic (exact) mass is 298 g/mol. The minimum atomic E-state index is -0.0328. The molecule has 0 amide bonds. The topological polar surface area (TPSA) is 83.0 Å². The first kappa shape index (κ1) is 14.0. The van der Waals surface area contributed by atoms with Gasteiger partial charge in [0, 0.05) is 0 Å². The lowest BCUT2D eigenvalue weighted by molar-refractivity contribution is 0.101. The molecule has 7 nitrogen and oxygen atoms in total. The average molecular weight is 298 g/mol. The minimum absolute atomic E-state index is 0.0328. The predicted molar refractivity (Wildman–Crippen MR) is 77.5 cm³/mol. The third-order valence-corrected chi connectivity index (χ3v) is 3.01. The standard InChI is InChI=1S/C15H14N4O3/c1-11(20)12-5-2-3-6-13(12)22-10-8-19-17-15(16-18-19)14-7-4-9-21-14/h2-7,9H,8,10H2,1H3. The van der Waals surface area contributed by atoms with Crippen LogP contribution in [0.2, 0.25) is 0 Å². The van der Waals surface area contributed by atoms with Crippen molar-refractivity contribution in [1.29, 1.82) is 0 Å². The largest absolute Gasteiger partial charge is 0.491 e. The maximum Gasteiger partial charge on any atom is 0.240 e. The number of aromatic nitrogens is 4. The molecule has 0 aliphatic rings. The van der Waals surface area contributed by atoms with Gasteiger partial charge in [0.15, 0.2) is 11.5 Å². The number of Topliss-reactive ketones (excluding diaryl/α,β-unsaturated/α-hetero) is 1. The summed E-state index contributed by atoms with van der Waals surface area (Å²) in [4.78, 5) is 12.9. The molecule has 22 heavy (non-hydrogen) atoms. The van der Waals surface area contributed by atoms with Crippen LogP contribution in [0, 0.1) is 0 Å². The van der Waals surface area contributed by atoms with Crippen molar-refractivity contribution < 1.29 is 13.9 Å². The molecule has 0 unspecified atom stereocenters. The predicted octanol–water partition coefficient (Wildman–Crippen LogP) is 2.21. The Hall–Kier alpha value is -2.96. The molecule has 0 aliphatic carbocycles. The number of furan rings is 1. The molecule has 0 saturated carbocycles. The third kappa shape index (κ3) is 3.03. The first-order valence-electron chi connectivity index (χ1n) is 6.78. The normalized spacial score (nSPS) is 10.6. The number of ketones is 1. The summed E-state index contributed by atoms with van der Waals surface area (Å²) in [5, 5.41) is 12.0. The van der Waals surface area contributed by atoms with Gasteiger partial charge in [0.1, 0.15) is 12.4 Å². The molecule has 0 saturated heterocycles. The lowest BCUT2D eigenvalue weighted by Crippen LogP contribution is -2.12. The summed E-state index contributed by atoms with van der Waals surface area (Å²) in [5.41, 5.74) is 0.560. The molecule has 0 bridgehead atoms. The summed E-state index contributed by atoms with van der Waals surface area (Å²) in [5.74, 6) is 1.51. The number of rotatable bonds is 6. The fourth-order valence-electron chi connectivity index (χ4n) is 1.96. The number of tetrazole rings is 1. The van der Waals surface area contributed by atoms with E-state index in [9.17, 15) is 4.79 Å². The zero-order valence-electron chi connectivity index (χ0n) is 12.0. The highest BCUT2D eigenvalue weighted by atomic mass is 16.5. The van der Waals surface area contributed by atoms with Gasteiger partial charge in [0.05, 0.1) is 18.4 Å². The van der Waals surface area contributed by atoms with Crippen molar-refractivity contribution >= 4 is 5.78 Å². The Bertz CT molecular complexity index is 765. The van der Waals surface area contributed by atoms with E-state index in [0.717, 1.165) is 0 Å². The van der Waals surface area contributed by atoms with E-state index in [1.165, 1.54) is 11.7 Å². The van der Waals surface area contributed by atoms with Crippen LogP contribution in [0.1, 0.15) is 17.3 Å². The Morgan fingerprint density at radius 1 is 1.27 bits per heavy atom. The highest BCUT2D eigenvalue weighted by Crippen LogP contribution is 2.18. The van der Waals surface area contributed by atoms with E-state index in [1.54, 1.807) is 36.6 Å². The Morgan fingerprint density at radius 3 is 2.91 bits per heavy atom. The van der Waals surface area contributed by atoms with Crippen molar-refractivity contribution in [3.63, 3.8) is 0 Å². The van der Waals surface area contributed by atoms with E-state index in [4.69, 9.17) is 9.15 Å². The molecule has 0 spiro atoms. The second-order valence-electron chi connectivity index (χ2n) is 4.59. The molecule has 3 rings (SSSR count). The summed E-state index contributed by atoms with van der Waals surface area (Å²) in [6.45, 7) is 2.26. The molecule has 3 aromatic rings. The molecule has 2 aromatic heterocycles. The maximum atomic E-state index is 11.5. The van der Waals surface area contributed by atoms with Crippen molar-refractivity contribution in [2.75, 3.05) is 6.61 Å².